The highest BCUT2D eigenvalue weighted by atomic mass is 16.3. The Morgan fingerprint density at radius 1 is 1.09 bits per heavy atom. The number of aliphatic hydroxyl groups is 1. The van der Waals surface area contributed by atoms with Gasteiger partial charge in [0.05, 0.1) is 12.1 Å². The monoisotopic (exact) mass is 300 g/mol. The molecular weight excluding hydrogens is 280 g/mol. The van der Waals surface area contributed by atoms with Gasteiger partial charge in [-0.3, -0.25) is 0 Å². The molecule has 0 saturated carbocycles. The van der Waals surface area contributed by atoms with E-state index >= 15 is 0 Å². The van der Waals surface area contributed by atoms with E-state index in [1.54, 1.807) is 26.1 Å². The summed E-state index contributed by atoms with van der Waals surface area (Å²) in [6.07, 6.45) is -0.767. The zero-order valence-electron chi connectivity index (χ0n) is 12.6. The lowest BCUT2D eigenvalue weighted by Crippen LogP contribution is -2.41. The Labute approximate surface area is 129 Å². The van der Waals surface area contributed by atoms with Crippen molar-refractivity contribution in [3.63, 3.8) is 0 Å². The van der Waals surface area contributed by atoms with Gasteiger partial charge in [0.2, 0.25) is 0 Å². The number of nitrogens with zero attached hydrogens (tertiary/aromatic N) is 1. The first-order chi connectivity index (χ1) is 10.5. The number of aliphatic hydroxyl groups excluding tert-OH is 1. The number of hydrogen-bond acceptors (Lipinski definition) is 3. The number of urea groups is 1. The maximum absolute atomic E-state index is 12.2. The summed E-state index contributed by atoms with van der Waals surface area (Å²) in [5, 5.41) is 22.3. The van der Waals surface area contributed by atoms with Gasteiger partial charge in [0.25, 0.3) is 0 Å². The van der Waals surface area contributed by atoms with E-state index in [9.17, 15) is 15.0 Å². The highest BCUT2D eigenvalue weighted by Crippen LogP contribution is 2.21. The van der Waals surface area contributed by atoms with Gasteiger partial charge in [0, 0.05) is 12.7 Å². The molecule has 2 aromatic carbocycles. The van der Waals surface area contributed by atoms with Gasteiger partial charge < -0.3 is 20.4 Å². The molecule has 22 heavy (non-hydrogen) atoms. The standard InChI is InChI=1S/C17H20N2O3/c1-12(16(21)13-6-4-3-5-7-13)19(2)17(22)18-14-8-10-15(20)11-9-14/h3-12,16,20-21H,1-2H3,(H,18,22)/t12-,16-/m1/s1. The number of rotatable bonds is 4. The number of likely N-dealkylation sites (N-methyl/N-ethyl adjacent to an activating group) is 1. The van der Waals surface area contributed by atoms with Crippen LogP contribution in [0.2, 0.25) is 0 Å². The van der Waals surface area contributed by atoms with Crippen molar-refractivity contribution in [2.75, 3.05) is 12.4 Å². The first-order valence-electron chi connectivity index (χ1n) is 7.05. The maximum Gasteiger partial charge on any atom is 0.321 e. The number of carbonyl (C=O) groups excluding carboxylic acids is 1. The number of phenols is 1. The third-order valence-corrected chi connectivity index (χ3v) is 3.65. The van der Waals surface area contributed by atoms with Crippen LogP contribution >= 0.6 is 0 Å². The van der Waals surface area contributed by atoms with E-state index in [0.717, 1.165) is 5.56 Å². The van der Waals surface area contributed by atoms with Crippen LogP contribution in [0.4, 0.5) is 10.5 Å². The second-order valence-corrected chi connectivity index (χ2v) is 5.18. The number of benzene rings is 2. The number of phenolic OH excluding ortho intramolecular Hbond substituents is 1. The van der Waals surface area contributed by atoms with Crippen LogP contribution < -0.4 is 5.32 Å². The number of aromatic hydroxyl groups is 1. The van der Waals surface area contributed by atoms with Crippen LogP contribution in [0.15, 0.2) is 54.6 Å². The number of hydrogen-bond donors (Lipinski definition) is 3. The Balaban J connectivity index is 2.01. The lowest BCUT2D eigenvalue weighted by molar-refractivity contribution is 0.0894. The van der Waals surface area contributed by atoms with Crippen molar-refractivity contribution >= 4 is 11.7 Å². The molecule has 5 nitrogen and oxygen atoms in total. The molecule has 2 amide bonds. The summed E-state index contributed by atoms with van der Waals surface area (Å²) in [5.74, 6) is 0.138. The van der Waals surface area contributed by atoms with Crippen molar-refractivity contribution in [3.05, 3.63) is 60.2 Å². The van der Waals surface area contributed by atoms with Crippen LogP contribution in [0.3, 0.4) is 0 Å². The molecule has 3 N–H and O–H groups in total. The average molecular weight is 300 g/mol. The number of anilines is 1. The molecule has 0 aromatic heterocycles. The molecule has 2 atom stereocenters. The predicted octanol–water partition coefficient (Wildman–Crippen LogP) is 2.98. The van der Waals surface area contributed by atoms with E-state index in [-0.39, 0.29) is 17.8 Å². The molecule has 116 valence electrons. The summed E-state index contributed by atoms with van der Waals surface area (Å²) in [6, 6.07) is 14.7. The van der Waals surface area contributed by atoms with Crippen LogP contribution in [-0.2, 0) is 0 Å². The summed E-state index contributed by atoms with van der Waals surface area (Å²) >= 11 is 0. The Bertz CT molecular complexity index is 614. The Kier molecular flexibility index (Phi) is 5.01. The quantitative estimate of drug-likeness (QED) is 0.760. The predicted molar refractivity (Wildman–Crippen MR) is 85.8 cm³/mol. The Morgan fingerprint density at radius 2 is 1.68 bits per heavy atom. The molecule has 0 aliphatic rings. The van der Waals surface area contributed by atoms with Crippen molar-refractivity contribution in [2.24, 2.45) is 0 Å². The van der Waals surface area contributed by atoms with Gasteiger partial charge in [-0.25, -0.2) is 4.79 Å². The fourth-order valence-electron chi connectivity index (χ4n) is 2.08. The van der Waals surface area contributed by atoms with Crippen molar-refractivity contribution in [2.45, 2.75) is 19.1 Å². The average Bonchev–Trinajstić information content (AvgIpc) is 2.55. The van der Waals surface area contributed by atoms with Crippen LogP contribution in [0.1, 0.15) is 18.6 Å². The summed E-state index contributed by atoms with van der Waals surface area (Å²) in [4.78, 5) is 13.7. The lowest BCUT2D eigenvalue weighted by Gasteiger charge is -2.29. The van der Waals surface area contributed by atoms with Crippen molar-refractivity contribution in [3.8, 4) is 5.75 Å². The molecular formula is C17H20N2O3. The molecule has 0 bridgehead atoms. The molecule has 0 fully saturated rings. The second-order valence-electron chi connectivity index (χ2n) is 5.18. The number of amides is 2. The molecule has 0 unspecified atom stereocenters. The molecule has 0 radical (unpaired) electrons. The molecule has 2 aromatic rings. The van der Waals surface area contributed by atoms with E-state index in [4.69, 9.17) is 0 Å². The van der Waals surface area contributed by atoms with Gasteiger partial charge in [0.1, 0.15) is 5.75 Å². The smallest absolute Gasteiger partial charge is 0.321 e. The zero-order chi connectivity index (χ0) is 16.1. The van der Waals surface area contributed by atoms with E-state index in [1.807, 2.05) is 30.3 Å². The Hall–Kier alpha value is -2.53. The van der Waals surface area contributed by atoms with E-state index in [0.29, 0.717) is 5.69 Å². The SMILES string of the molecule is C[C@H]([C@@H](O)c1ccccc1)N(C)C(=O)Nc1ccc(O)cc1. The summed E-state index contributed by atoms with van der Waals surface area (Å²) in [6.45, 7) is 1.79. The maximum atomic E-state index is 12.2. The van der Waals surface area contributed by atoms with E-state index in [2.05, 4.69) is 5.32 Å². The van der Waals surface area contributed by atoms with Gasteiger partial charge in [-0.05, 0) is 36.8 Å². The Morgan fingerprint density at radius 3 is 2.27 bits per heavy atom. The summed E-state index contributed by atoms with van der Waals surface area (Å²) < 4.78 is 0. The highest BCUT2D eigenvalue weighted by Gasteiger charge is 2.24. The fourth-order valence-corrected chi connectivity index (χ4v) is 2.08. The lowest BCUT2D eigenvalue weighted by atomic mass is 10.0. The van der Waals surface area contributed by atoms with Crippen molar-refractivity contribution < 1.29 is 15.0 Å². The molecule has 0 spiro atoms. The fraction of sp³-hybridized carbons (Fsp3) is 0.235. The van der Waals surface area contributed by atoms with Crippen molar-refractivity contribution in [1.29, 1.82) is 0 Å². The van der Waals surface area contributed by atoms with Gasteiger partial charge >= 0.3 is 6.03 Å². The first kappa shape index (κ1) is 15.9. The topological polar surface area (TPSA) is 72.8 Å². The molecule has 0 heterocycles. The summed E-state index contributed by atoms with van der Waals surface area (Å²) in [7, 11) is 1.63. The van der Waals surface area contributed by atoms with Crippen molar-refractivity contribution in [1.82, 2.24) is 4.90 Å². The highest BCUT2D eigenvalue weighted by molar-refractivity contribution is 5.89. The molecule has 0 saturated heterocycles. The number of carbonyl (C=O) groups is 1. The normalized spacial score (nSPS) is 13.2. The van der Waals surface area contributed by atoms with Crippen LogP contribution in [0, 0.1) is 0 Å². The van der Waals surface area contributed by atoms with Gasteiger partial charge in [-0.15, -0.1) is 0 Å². The molecule has 0 aliphatic carbocycles. The van der Waals surface area contributed by atoms with Crippen LogP contribution in [-0.4, -0.2) is 34.2 Å². The molecule has 0 aliphatic heterocycles. The van der Waals surface area contributed by atoms with Gasteiger partial charge in [-0.1, -0.05) is 30.3 Å². The third-order valence-electron chi connectivity index (χ3n) is 3.65. The molecule has 5 heteroatoms. The van der Waals surface area contributed by atoms with Gasteiger partial charge in [-0.2, -0.15) is 0 Å². The van der Waals surface area contributed by atoms with Crippen LogP contribution in [0.25, 0.3) is 0 Å². The first-order valence-corrected chi connectivity index (χ1v) is 7.05. The second kappa shape index (κ2) is 6.95. The minimum atomic E-state index is -0.767. The van der Waals surface area contributed by atoms with E-state index in [1.165, 1.54) is 17.0 Å². The molecule has 2 rings (SSSR count). The van der Waals surface area contributed by atoms with Crippen LogP contribution in [0.5, 0.6) is 5.75 Å². The van der Waals surface area contributed by atoms with Gasteiger partial charge in [0.15, 0.2) is 0 Å². The largest absolute Gasteiger partial charge is 0.508 e. The minimum absolute atomic E-state index is 0.138. The zero-order valence-corrected chi connectivity index (χ0v) is 12.6. The number of nitrogens with one attached hydrogen (secondary N) is 1. The third kappa shape index (κ3) is 3.77. The minimum Gasteiger partial charge on any atom is -0.508 e. The summed E-state index contributed by atoms with van der Waals surface area (Å²) in [5.41, 5.74) is 1.34. The van der Waals surface area contributed by atoms with E-state index < -0.39 is 6.10 Å².